The normalized spacial score (nSPS) is 29.0. The maximum absolute atomic E-state index is 9.05. The lowest BCUT2D eigenvalue weighted by Gasteiger charge is -2.44. The zero-order valence-corrected chi connectivity index (χ0v) is 18.6. The largest absolute Gasteiger partial charge is 0.395 e. The second kappa shape index (κ2) is 13.3. The number of alkyl halides is 1. The van der Waals surface area contributed by atoms with Gasteiger partial charge in [-0.25, -0.2) is 0 Å². The fraction of sp³-hybridized carbons (Fsp3) is 1.00. The maximum atomic E-state index is 9.05. The molecule has 2 fully saturated rings. The monoisotopic (exact) mass is 443 g/mol. The van der Waals surface area contributed by atoms with E-state index in [2.05, 4.69) is 29.4 Å². The molecule has 0 aromatic rings. The Bertz CT molecular complexity index is 517. The SMILES string of the molecule is CCN(CCO)CCCC(C)NC1CCNC2CC(Cl)CCC21.O=S(=O)(O)O. The quantitative estimate of drug-likeness (QED) is 0.268. The van der Waals surface area contributed by atoms with Gasteiger partial charge in [0.1, 0.15) is 0 Å². The average Bonchev–Trinajstić information content (AvgIpc) is 2.59. The van der Waals surface area contributed by atoms with Crippen LogP contribution in [-0.2, 0) is 10.4 Å². The van der Waals surface area contributed by atoms with Crippen molar-refractivity contribution in [3.63, 3.8) is 0 Å². The number of hydrogen-bond acceptors (Lipinski definition) is 6. The Morgan fingerprint density at radius 3 is 2.54 bits per heavy atom. The first kappa shape index (κ1) is 26.0. The minimum absolute atomic E-state index is 0.265. The molecule has 28 heavy (non-hydrogen) atoms. The Morgan fingerprint density at radius 1 is 1.25 bits per heavy atom. The Kier molecular flexibility index (Phi) is 12.4. The molecule has 2 rings (SSSR count). The van der Waals surface area contributed by atoms with Crippen molar-refractivity contribution in [3.8, 4) is 0 Å². The maximum Gasteiger partial charge on any atom is 0.394 e. The highest BCUT2D eigenvalue weighted by atomic mass is 35.5. The van der Waals surface area contributed by atoms with E-state index in [1.165, 1.54) is 32.1 Å². The van der Waals surface area contributed by atoms with Crippen LogP contribution in [0.1, 0.15) is 52.4 Å². The molecule has 0 spiro atoms. The van der Waals surface area contributed by atoms with Crippen molar-refractivity contribution >= 4 is 22.0 Å². The summed E-state index contributed by atoms with van der Waals surface area (Å²) in [5.74, 6) is 0.753. The van der Waals surface area contributed by atoms with Crippen molar-refractivity contribution in [1.29, 1.82) is 0 Å². The van der Waals surface area contributed by atoms with Crippen LogP contribution >= 0.6 is 11.6 Å². The van der Waals surface area contributed by atoms with E-state index in [9.17, 15) is 0 Å². The zero-order valence-electron chi connectivity index (χ0n) is 17.1. The van der Waals surface area contributed by atoms with Gasteiger partial charge in [0.15, 0.2) is 0 Å². The van der Waals surface area contributed by atoms with Gasteiger partial charge in [-0.3, -0.25) is 9.11 Å². The topological polar surface area (TPSA) is 122 Å². The van der Waals surface area contributed by atoms with Gasteiger partial charge in [0.05, 0.1) is 6.61 Å². The molecule has 0 bridgehead atoms. The Labute approximate surface area is 175 Å². The van der Waals surface area contributed by atoms with E-state index in [1.54, 1.807) is 0 Å². The van der Waals surface area contributed by atoms with Gasteiger partial charge < -0.3 is 20.6 Å². The highest BCUT2D eigenvalue weighted by Gasteiger charge is 2.37. The molecule has 2 aliphatic rings. The average molecular weight is 444 g/mol. The van der Waals surface area contributed by atoms with Crippen LogP contribution in [0.4, 0.5) is 0 Å². The van der Waals surface area contributed by atoms with Gasteiger partial charge >= 0.3 is 10.4 Å². The summed E-state index contributed by atoms with van der Waals surface area (Å²) in [6.07, 6.45) is 7.21. The van der Waals surface area contributed by atoms with Gasteiger partial charge in [-0.15, -0.1) is 11.6 Å². The van der Waals surface area contributed by atoms with Crippen LogP contribution in [0.2, 0.25) is 0 Å². The minimum Gasteiger partial charge on any atom is -0.395 e. The van der Waals surface area contributed by atoms with E-state index in [-0.39, 0.29) is 6.61 Å². The number of nitrogens with one attached hydrogen (secondary N) is 2. The summed E-state index contributed by atoms with van der Waals surface area (Å²) in [7, 11) is -4.67. The number of fused-ring (bicyclic) bond motifs is 1. The van der Waals surface area contributed by atoms with Crippen LogP contribution in [0.5, 0.6) is 0 Å². The first-order chi connectivity index (χ1) is 13.1. The molecule has 0 aromatic heterocycles. The van der Waals surface area contributed by atoms with Crippen LogP contribution in [0.25, 0.3) is 0 Å². The molecule has 1 aliphatic carbocycles. The highest BCUT2D eigenvalue weighted by molar-refractivity contribution is 7.79. The van der Waals surface area contributed by atoms with Crippen molar-refractivity contribution in [3.05, 3.63) is 0 Å². The third-order valence-corrected chi connectivity index (χ3v) is 6.09. The summed E-state index contributed by atoms with van der Waals surface area (Å²) in [5, 5.41) is 17.0. The Balaban J connectivity index is 0.000000696. The molecule has 1 saturated heterocycles. The number of hydrogen-bond donors (Lipinski definition) is 5. The van der Waals surface area contributed by atoms with Gasteiger partial charge in [0, 0.05) is 30.0 Å². The highest BCUT2D eigenvalue weighted by Crippen LogP contribution is 2.33. The molecule has 0 amide bonds. The van der Waals surface area contributed by atoms with Crippen LogP contribution in [0, 0.1) is 5.92 Å². The first-order valence-electron chi connectivity index (χ1n) is 10.3. The first-order valence-corrected chi connectivity index (χ1v) is 12.1. The summed E-state index contributed by atoms with van der Waals surface area (Å²) in [6, 6.07) is 1.84. The van der Waals surface area contributed by atoms with Crippen LogP contribution in [0.15, 0.2) is 0 Å². The van der Waals surface area contributed by atoms with E-state index in [4.69, 9.17) is 34.2 Å². The van der Waals surface area contributed by atoms with Crippen molar-refractivity contribution in [2.45, 2.75) is 75.9 Å². The third kappa shape index (κ3) is 11.3. The molecular formula is C18H38ClN3O5S. The Hall–Kier alpha value is -0.0000000000000000971. The summed E-state index contributed by atoms with van der Waals surface area (Å²) < 4.78 is 31.6. The molecule has 0 aromatic carbocycles. The lowest BCUT2D eigenvalue weighted by Crippen LogP contribution is -2.57. The lowest BCUT2D eigenvalue weighted by molar-refractivity contribution is 0.152. The van der Waals surface area contributed by atoms with E-state index < -0.39 is 10.4 Å². The summed E-state index contributed by atoms with van der Waals surface area (Å²) in [5.41, 5.74) is 0. The molecule has 1 aliphatic heterocycles. The second-order valence-electron chi connectivity index (χ2n) is 7.85. The number of piperidine rings is 1. The molecule has 5 atom stereocenters. The molecule has 8 nitrogen and oxygen atoms in total. The van der Waals surface area contributed by atoms with E-state index >= 15 is 0 Å². The zero-order chi connectivity index (χ0) is 21.2. The molecule has 5 N–H and O–H groups in total. The molecule has 10 heteroatoms. The number of aliphatic hydroxyl groups excluding tert-OH is 1. The van der Waals surface area contributed by atoms with Crippen LogP contribution in [-0.4, -0.2) is 83.8 Å². The molecule has 168 valence electrons. The third-order valence-electron chi connectivity index (χ3n) is 5.69. The standard InChI is InChI=1S/C18H36ClN3O.H2O4S/c1-3-22(11-12-23)10-4-5-14(2)21-17-8-9-20-18-13-15(19)6-7-16(17)18;1-5(2,3)4/h14-18,20-21,23H,3-13H2,1-2H3;(H2,1,2,3,4). The van der Waals surface area contributed by atoms with Gasteiger partial charge in [-0.2, -0.15) is 8.42 Å². The summed E-state index contributed by atoms with van der Waals surface area (Å²) in [6.45, 7) is 8.80. The predicted octanol–water partition coefficient (Wildman–Crippen LogP) is 1.54. The van der Waals surface area contributed by atoms with E-state index in [0.29, 0.717) is 23.5 Å². The molecule has 1 heterocycles. The van der Waals surface area contributed by atoms with E-state index in [0.717, 1.165) is 38.5 Å². The Morgan fingerprint density at radius 2 is 1.93 bits per heavy atom. The smallest absolute Gasteiger partial charge is 0.394 e. The second-order valence-corrected chi connectivity index (χ2v) is 9.36. The number of halogens is 1. The molecular weight excluding hydrogens is 406 g/mol. The molecule has 1 saturated carbocycles. The van der Waals surface area contributed by atoms with Crippen molar-refractivity contribution in [2.24, 2.45) is 5.92 Å². The van der Waals surface area contributed by atoms with Crippen molar-refractivity contribution in [2.75, 3.05) is 32.8 Å². The number of likely N-dealkylation sites (N-methyl/N-ethyl adjacent to an activating group) is 1. The van der Waals surface area contributed by atoms with Gasteiger partial charge in [0.25, 0.3) is 0 Å². The summed E-state index contributed by atoms with van der Waals surface area (Å²) >= 11 is 6.34. The predicted molar refractivity (Wildman–Crippen MR) is 112 cm³/mol. The fourth-order valence-corrected chi connectivity index (χ4v) is 4.66. The van der Waals surface area contributed by atoms with Gasteiger partial charge in [-0.1, -0.05) is 6.92 Å². The van der Waals surface area contributed by atoms with Crippen LogP contribution < -0.4 is 10.6 Å². The molecule has 0 radical (unpaired) electrons. The van der Waals surface area contributed by atoms with Crippen molar-refractivity contribution < 1.29 is 22.6 Å². The van der Waals surface area contributed by atoms with Crippen molar-refractivity contribution in [1.82, 2.24) is 15.5 Å². The number of nitrogens with zero attached hydrogens (tertiary/aromatic N) is 1. The molecule has 5 unspecified atom stereocenters. The van der Waals surface area contributed by atoms with Gasteiger partial charge in [0.2, 0.25) is 0 Å². The van der Waals surface area contributed by atoms with Gasteiger partial charge in [-0.05, 0) is 71.0 Å². The fourth-order valence-electron chi connectivity index (χ4n) is 4.34. The number of aliphatic hydroxyl groups is 1. The lowest BCUT2D eigenvalue weighted by atomic mass is 9.76. The summed E-state index contributed by atoms with van der Waals surface area (Å²) in [4.78, 5) is 2.33. The van der Waals surface area contributed by atoms with Crippen LogP contribution in [0.3, 0.4) is 0 Å². The number of rotatable bonds is 9. The minimum atomic E-state index is -4.67. The van der Waals surface area contributed by atoms with E-state index in [1.807, 2.05) is 0 Å².